The molecule has 0 aliphatic carbocycles. The highest BCUT2D eigenvalue weighted by atomic mass is 35.5. The van der Waals surface area contributed by atoms with Crippen molar-refractivity contribution in [1.82, 2.24) is 24.8 Å². The number of methoxy groups -OCH3 is 1. The van der Waals surface area contributed by atoms with Crippen LogP contribution in [0.3, 0.4) is 0 Å². The highest BCUT2D eigenvalue weighted by molar-refractivity contribution is 6.13. The van der Waals surface area contributed by atoms with E-state index in [4.69, 9.17) is 14.5 Å². The molecular weight excluding hydrogens is 765 g/mol. The van der Waals surface area contributed by atoms with E-state index in [0.717, 1.165) is 62.1 Å². The van der Waals surface area contributed by atoms with Gasteiger partial charge in [-0.25, -0.2) is 4.98 Å². The van der Waals surface area contributed by atoms with Gasteiger partial charge in [0, 0.05) is 63.2 Å². The second-order valence-electron chi connectivity index (χ2n) is 13.1. The maximum atomic E-state index is 13.8. The Bertz CT molecular complexity index is 2060. The van der Waals surface area contributed by atoms with Gasteiger partial charge in [0.05, 0.1) is 36.2 Å². The third-order valence-electron chi connectivity index (χ3n) is 9.34. The molecule has 0 saturated carbocycles. The van der Waals surface area contributed by atoms with Gasteiger partial charge in [-0.2, -0.15) is 0 Å². The number of nitrogens with one attached hydrogen (secondary N) is 2. The molecule has 294 valence electrons. The summed E-state index contributed by atoms with van der Waals surface area (Å²) in [4.78, 5) is 57.6. The van der Waals surface area contributed by atoms with Crippen LogP contribution in [0.5, 0.6) is 11.5 Å². The summed E-state index contributed by atoms with van der Waals surface area (Å²) in [6.07, 6.45) is 6.42. The van der Waals surface area contributed by atoms with Crippen molar-refractivity contribution >= 4 is 40.1 Å². The fourth-order valence-electron chi connectivity index (χ4n) is 6.25. The number of hydrogen-bond acceptors (Lipinski definition) is 8. The normalized spacial score (nSPS) is 12.5. The van der Waals surface area contributed by atoms with Gasteiger partial charge in [-0.3, -0.25) is 19.4 Å². The van der Waals surface area contributed by atoms with E-state index in [0.29, 0.717) is 58.4 Å². The first-order valence-corrected chi connectivity index (χ1v) is 17.6. The standard InChI is InChI=1S/C40H45N7O5.3ClH/c1-27-12-15-33(35(25-27)52-24-7-5-6-11-36(48)47-22-20-45(2)21-23-47)46(3)40(50)29-13-14-31(34(26-29)51-4)43-39(49)30-9-8-10-32-37(30)44-38(42-32)28-16-18-41-19-17-28;;;/h8-10,12-19,25-26H,5-7,11,20-24H2,1-4H3,(H,42,44)(H,43,49);3*1H/p-3. The van der Waals surface area contributed by atoms with Crippen LogP contribution in [0.15, 0.2) is 79.1 Å². The molecule has 1 fully saturated rings. The predicted octanol–water partition coefficient (Wildman–Crippen LogP) is -2.80. The topological polar surface area (TPSA) is 133 Å². The summed E-state index contributed by atoms with van der Waals surface area (Å²) < 4.78 is 11.8. The number of anilines is 2. The number of piperazine rings is 1. The second kappa shape index (κ2) is 20.7. The number of aromatic amines is 1. The molecule has 3 aromatic carbocycles. The highest BCUT2D eigenvalue weighted by Crippen LogP contribution is 2.32. The zero-order chi connectivity index (χ0) is 36.6. The zero-order valence-corrected chi connectivity index (χ0v) is 33.5. The molecule has 0 radical (unpaired) electrons. The van der Waals surface area contributed by atoms with E-state index in [1.807, 2.05) is 48.2 Å². The number of imidazole rings is 1. The lowest BCUT2D eigenvalue weighted by Crippen LogP contribution is -3.00. The van der Waals surface area contributed by atoms with E-state index in [9.17, 15) is 14.4 Å². The summed E-state index contributed by atoms with van der Waals surface area (Å²) in [6, 6.07) is 19.7. The maximum absolute atomic E-state index is 13.8. The third kappa shape index (κ3) is 10.9. The lowest BCUT2D eigenvalue weighted by atomic mass is 10.1. The first-order valence-electron chi connectivity index (χ1n) is 17.6. The van der Waals surface area contributed by atoms with Crippen molar-refractivity contribution < 1.29 is 61.1 Å². The number of carbonyl (C=O) groups is 3. The number of aromatic nitrogens is 3. The van der Waals surface area contributed by atoms with E-state index in [2.05, 4.69) is 27.2 Å². The second-order valence-corrected chi connectivity index (χ2v) is 13.1. The number of ether oxygens (including phenoxy) is 2. The molecule has 0 spiro atoms. The molecule has 2 aromatic heterocycles. The van der Waals surface area contributed by atoms with Gasteiger partial charge in [-0.05, 0) is 93.4 Å². The first-order chi connectivity index (χ1) is 25.2. The Morgan fingerprint density at radius 3 is 2.36 bits per heavy atom. The quantitative estimate of drug-likeness (QED) is 0.122. The van der Waals surface area contributed by atoms with E-state index in [1.54, 1.807) is 54.7 Å². The van der Waals surface area contributed by atoms with Crippen LogP contribution in [0.2, 0.25) is 0 Å². The van der Waals surface area contributed by atoms with Crippen LogP contribution in [-0.2, 0) is 4.79 Å². The van der Waals surface area contributed by atoms with Crippen molar-refractivity contribution in [3.05, 3.63) is 95.8 Å². The number of rotatable bonds is 13. The van der Waals surface area contributed by atoms with Crippen LogP contribution in [0, 0.1) is 6.92 Å². The fraction of sp³-hybridized carbons (Fsp3) is 0.325. The number of pyridine rings is 1. The van der Waals surface area contributed by atoms with E-state index < -0.39 is 0 Å². The zero-order valence-electron chi connectivity index (χ0n) is 31.3. The first kappa shape index (κ1) is 44.5. The summed E-state index contributed by atoms with van der Waals surface area (Å²) in [5.74, 6) is 1.18. The molecule has 12 nitrogen and oxygen atoms in total. The molecule has 1 aliphatic rings. The number of likely N-dealkylation sites (N-methyl/N-ethyl adjacent to an activating group) is 1. The number of hydrogen-bond donors (Lipinski definition) is 2. The molecule has 55 heavy (non-hydrogen) atoms. The Hall–Kier alpha value is -4.88. The lowest BCUT2D eigenvalue weighted by Gasteiger charge is -2.32. The molecule has 0 bridgehead atoms. The Kier molecular flexibility index (Phi) is 16.8. The highest BCUT2D eigenvalue weighted by Gasteiger charge is 2.22. The van der Waals surface area contributed by atoms with Gasteiger partial charge in [0.25, 0.3) is 11.8 Å². The van der Waals surface area contributed by atoms with E-state index in [-0.39, 0.29) is 54.9 Å². The Morgan fingerprint density at radius 1 is 0.891 bits per heavy atom. The minimum atomic E-state index is -0.365. The van der Waals surface area contributed by atoms with Crippen molar-refractivity contribution in [2.75, 3.05) is 64.2 Å². The summed E-state index contributed by atoms with van der Waals surface area (Å²) >= 11 is 0. The number of amides is 3. The molecule has 3 amide bonds. The number of nitrogens with zero attached hydrogens (tertiary/aromatic N) is 5. The van der Waals surface area contributed by atoms with Crippen LogP contribution in [-0.4, -0.2) is 96.5 Å². The van der Waals surface area contributed by atoms with Crippen molar-refractivity contribution in [2.45, 2.75) is 32.6 Å². The Morgan fingerprint density at radius 2 is 1.64 bits per heavy atom. The van der Waals surface area contributed by atoms with Gasteiger partial charge in [0.2, 0.25) is 5.91 Å². The summed E-state index contributed by atoms with van der Waals surface area (Å²) in [5.41, 5.74) is 4.95. The molecule has 1 aliphatic heterocycles. The van der Waals surface area contributed by atoms with Crippen LogP contribution in [0.4, 0.5) is 11.4 Å². The van der Waals surface area contributed by atoms with Gasteiger partial charge in [0.1, 0.15) is 22.8 Å². The SMILES string of the molecule is COc1cc(C(=O)N(C)c2ccc(C)cc2OCCCCCC(=O)N2CCN(C)CC2)ccc1NC(=O)c1cccc2[nH]c(-c3ccncc3)nc12.[Cl-].[Cl-].[Cl-]. The summed E-state index contributed by atoms with van der Waals surface area (Å²) in [6.45, 7) is 5.90. The maximum Gasteiger partial charge on any atom is 0.258 e. The number of para-hydroxylation sites is 1. The number of H-pyrrole nitrogens is 1. The van der Waals surface area contributed by atoms with Gasteiger partial charge in [-0.1, -0.05) is 12.1 Å². The molecule has 15 heteroatoms. The number of halogens is 3. The number of carbonyl (C=O) groups excluding carboxylic acids is 3. The van der Waals surface area contributed by atoms with Crippen LogP contribution in [0.1, 0.15) is 52.0 Å². The van der Waals surface area contributed by atoms with Crippen LogP contribution in [0.25, 0.3) is 22.4 Å². The lowest BCUT2D eigenvalue weighted by molar-refractivity contribution is -0.132. The predicted molar refractivity (Wildman–Crippen MR) is 202 cm³/mol. The fourth-order valence-corrected chi connectivity index (χ4v) is 6.25. The summed E-state index contributed by atoms with van der Waals surface area (Å²) in [5, 5.41) is 2.93. The Balaban J connectivity index is 0.00000271. The molecule has 6 rings (SSSR count). The van der Waals surface area contributed by atoms with Crippen molar-refractivity contribution in [2.24, 2.45) is 0 Å². The van der Waals surface area contributed by atoms with Gasteiger partial charge >= 0.3 is 0 Å². The molecule has 2 N–H and O–H groups in total. The molecule has 1 saturated heterocycles. The molecule has 0 unspecified atom stereocenters. The average molecular weight is 810 g/mol. The number of benzene rings is 3. The average Bonchev–Trinajstić information content (AvgIpc) is 3.61. The van der Waals surface area contributed by atoms with Crippen molar-refractivity contribution in [3.8, 4) is 22.9 Å². The van der Waals surface area contributed by atoms with Gasteiger partial charge < -0.3 is 71.7 Å². The molecule has 5 aromatic rings. The van der Waals surface area contributed by atoms with Gasteiger partial charge in [-0.15, -0.1) is 0 Å². The molecule has 0 atom stereocenters. The minimum absolute atomic E-state index is 0. The van der Waals surface area contributed by atoms with Gasteiger partial charge in [0.15, 0.2) is 0 Å². The molecule has 3 heterocycles. The molecular formula is C40H45Cl3N7O5-3. The van der Waals surface area contributed by atoms with Crippen molar-refractivity contribution in [1.29, 1.82) is 0 Å². The number of fused-ring (bicyclic) bond motifs is 1. The monoisotopic (exact) mass is 808 g/mol. The number of unbranched alkanes of at least 4 members (excludes halogenated alkanes) is 2. The van der Waals surface area contributed by atoms with E-state index >= 15 is 0 Å². The Labute approximate surface area is 340 Å². The van der Waals surface area contributed by atoms with Crippen molar-refractivity contribution in [3.63, 3.8) is 0 Å². The number of aryl methyl sites for hydroxylation is 1. The smallest absolute Gasteiger partial charge is 0.258 e. The third-order valence-corrected chi connectivity index (χ3v) is 9.34. The van der Waals surface area contributed by atoms with Crippen LogP contribution >= 0.6 is 0 Å². The largest absolute Gasteiger partial charge is 1.00 e. The minimum Gasteiger partial charge on any atom is -1.00 e. The summed E-state index contributed by atoms with van der Waals surface area (Å²) in [7, 11) is 5.28. The van der Waals surface area contributed by atoms with Crippen LogP contribution < -0.4 is 56.9 Å². The van der Waals surface area contributed by atoms with E-state index in [1.165, 1.54) is 7.11 Å².